The molecular formula is C24H23FN2O5. The summed E-state index contributed by atoms with van der Waals surface area (Å²) in [5.74, 6) is -0.0629. The molecule has 3 aromatic rings. The van der Waals surface area contributed by atoms with Crippen LogP contribution < -0.4 is 10.1 Å². The maximum atomic E-state index is 13.0. The number of halogens is 1. The average Bonchev–Trinajstić information content (AvgIpc) is 2.80. The fourth-order valence-electron chi connectivity index (χ4n) is 2.97. The van der Waals surface area contributed by atoms with Gasteiger partial charge >= 0.3 is 0 Å². The summed E-state index contributed by atoms with van der Waals surface area (Å²) in [6, 6.07) is 17.2. The van der Waals surface area contributed by atoms with E-state index in [9.17, 15) is 19.1 Å². The average molecular weight is 438 g/mol. The van der Waals surface area contributed by atoms with Crippen molar-refractivity contribution in [2.45, 2.75) is 12.5 Å². The molecule has 1 aromatic heterocycles. The van der Waals surface area contributed by atoms with Crippen LogP contribution in [0.15, 0.2) is 66.7 Å². The first-order valence-corrected chi connectivity index (χ1v) is 9.90. The molecule has 0 aliphatic heterocycles. The molecule has 166 valence electrons. The van der Waals surface area contributed by atoms with Crippen molar-refractivity contribution in [3.05, 3.63) is 78.2 Å². The molecule has 0 unspecified atom stereocenters. The molecule has 32 heavy (non-hydrogen) atoms. The molecule has 2 N–H and O–H groups in total. The maximum absolute atomic E-state index is 13.0. The molecule has 1 atom stereocenters. The van der Waals surface area contributed by atoms with Gasteiger partial charge in [-0.1, -0.05) is 6.07 Å². The second kappa shape index (κ2) is 11.1. The monoisotopic (exact) mass is 438 g/mol. The van der Waals surface area contributed by atoms with Crippen LogP contribution in [0.4, 0.5) is 4.39 Å². The van der Waals surface area contributed by atoms with Crippen molar-refractivity contribution < 1.29 is 28.6 Å². The van der Waals surface area contributed by atoms with Crippen LogP contribution in [0.5, 0.6) is 11.5 Å². The van der Waals surface area contributed by atoms with E-state index in [4.69, 9.17) is 9.47 Å². The fraction of sp³-hybridized carbons (Fsp3) is 0.208. The summed E-state index contributed by atoms with van der Waals surface area (Å²) in [7, 11) is 1.37. The smallest absolute Gasteiger partial charge is 0.246 e. The Morgan fingerprint density at radius 3 is 2.31 bits per heavy atom. The van der Waals surface area contributed by atoms with Gasteiger partial charge in [-0.15, -0.1) is 0 Å². The summed E-state index contributed by atoms with van der Waals surface area (Å²) in [5, 5.41) is 11.9. The van der Waals surface area contributed by atoms with Gasteiger partial charge in [-0.05, 0) is 60.7 Å². The molecule has 1 heterocycles. The standard InChI is InChI=1S/C24H23FN2O5/c1-31-15-24(30)27-22(14-28)23(29)13-18-3-2-4-21(26-18)16-5-9-19(10-6-16)32-20-11-7-17(25)8-12-20/h2-12,22,28H,13-15H2,1H3,(H,27,30)/t22-/m0/s1. The van der Waals surface area contributed by atoms with Crippen molar-refractivity contribution in [2.75, 3.05) is 20.3 Å². The van der Waals surface area contributed by atoms with Gasteiger partial charge in [-0.2, -0.15) is 0 Å². The zero-order valence-electron chi connectivity index (χ0n) is 17.5. The van der Waals surface area contributed by atoms with Crippen molar-refractivity contribution in [1.29, 1.82) is 0 Å². The van der Waals surface area contributed by atoms with Gasteiger partial charge in [0.2, 0.25) is 5.91 Å². The lowest BCUT2D eigenvalue weighted by Crippen LogP contribution is -2.45. The van der Waals surface area contributed by atoms with Crippen molar-refractivity contribution in [2.24, 2.45) is 0 Å². The number of nitrogens with one attached hydrogen (secondary N) is 1. The van der Waals surface area contributed by atoms with Crippen LogP contribution in [0, 0.1) is 5.82 Å². The van der Waals surface area contributed by atoms with Crippen LogP contribution in [0.25, 0.3) is 11.3 Å². The van der Waals surface area contributed by atoms with Gasteiger partial charge in [0, 0.05) is 18.4 Å². The first-order chi connectivity index (χ1) is 15.5. The third kappa shape index (κ3) is 6.44. The lowest BCUT2D eigenvalue weighted by molar-refractivity contribution is -0.130. The molecule has 2 aromatic carbocycles. The Labute approximate surface area is 184 Å². The maximum Gasteiger partial charge on any atom is 0.246 e. The number of aliphatic hydroxyl groups is 1. The quantitative estimate of drug-likeness (QED) is 0.505. The molecule has 0 radical (unpaired) electrons. The number of hydrogen-bond acceptors (Lipinski definition) is 6. The van der Waals surface area contributed by atoms with Crippen molar-refractivity contribution in [1.82, 2.24) is 10.3 Å². The minimum Gasteiger partial charge on any atom is -0.457 e. The topological polar surface area (TPSA) is 97.8 Å². The van der Waals surface area contributed by atoms with Gasteiger partial charge in [0.15, 0.2) is 5.78 Å². The van der Waals surface area contributed by atoms with Gasteiger partial charge in [-0.3, -0.25) is 14.6 Å². The second-order valence-corrected chi connectivity index (χ2v) is 6.97. The fourth-order valence-corrected chi connectivity index (χ4v) is 2.97. The highest BCUT2D eigenvalue weighted by Gasteiger charge is 2.20. The largest absolute Gasteiger partial charge is 0.457 e. The predicted octanol–water partition coefficient (Wildman–Crippen LogP) is 2.92. The van der Waals surface area contributed by atoms with Crippen molar-refractivity contribution in [3.63, 3.8) is 0 Å². The van der Waals surface area contributed by atoms with Gasteiger partial charge < -0.3 is 19.9 Å². The summed E-state index contributed by atoms with van der Waals surface area (Å²) in [4.78, 5) is 28.6. The van der Waals surface area contributed by atoms with Gasteiger partial charge in [0.05, 0.1) is 18.7 Å². The summed E-state index contributed by atoms with van der Waals surface area (Å²) in [5.41, 5.74) is 1.99. The molecule has 1 amide bonds. The molecule has 8 heteroatoms. The third-order valence-corrected chi connectivity index (χ3v) is 4.54. The highest BCUT2D eigenvalue weighted by molar-refractivity contribution is 5.90. The van der Waals surface area contributed by atoms with E-state index in [0.29, 0.717) is 22.9 Å². The van der Waals surface area contributed by atoms with Crippen LogP contribution in [0.2, 0.25) is 0 Å². The number of methoxy groups -OCH3 is 1. The number of benzene rings is 2. The Balaban J connectivity index is 1.66. The Bertz CT molecular complexity index is 1050. The number of aliphatic hydroxyl groups excluding tert-OH is 1. The normalized spacial score (nSPS) is 11.6. The first-order valence-electron chi connectivity index (χ1n) is 9.90. The van der Waals surface area contributed by atoms with Crippen LogP contribution in [-0.4, -0.2) is 48.1 Å². The summed E-state index contributed by atoms with van der Waals surface area (Å²) >= 11 is 0. The number of ether oxygens (including phenoxy) is 2. The van der Waals surface area contributed by atoms with Crippen LogP contribution in [-0.2, 0) is 20.7 Å². The lowest BCUT2D eigenvalue weighted by Gasteiger charge is -2.15. The van der Waals surface area contributed by atoms with Crippen LogP contribution in [0.3, 0.4) is 0 Å². The SMILES string of the molecule is COCC(=O)N[C@@H](CO)C(=O)Cc1cccc(-c2ccc(Oc3ccc(F)cc3)cc2)n1. The minimum atomic E-state index is -1.02. The van der Waals surface area contributed by atoms with E-state index >= 15 is 0 Å². The van der Waals surface area contributed by atoms with Gasteiger partial charge in [0.1, 0.15) is 30.0 Å². The van der Waals surface area contributed by atoms with Crippen molar-refractivity contribution >= 4 is 11.7 Å². The number of carbonyl (C=O) groups is 2. The van der Waals surface area contributed by atoms with E-state index < -0.39 is 18.6 Å². The Kier molecular flexibility index (Phi) is 8.02. The number of ketones is 1. The molecule has 0 bridgehead atoms. The minimum absolute atomic E-state index is 0.0436. The molecular weight excluding hydrogens is 415 g/mol. The van der Waals surface area contributed by atoms with E-state index in [0.717, 1.165) is 5.56 Å². The number of nitrogens with zero attached hydrogens (tertiary/aromatic N) is 1. The number of rotatable bonds is 10. The molecule has 0 saturated heterocycles. The van der Waals surface area contributed by atoms with Gasteiger partial charge in [0.25, 0.3) is 0 Å². The molecule has 0 aliphatic carbocycles. The molecule has 0 saturated carbocycles. The Morgan fingerprint density at radius 1 is 1.03 bits per heavy atom. The molecule has 7 nitrogen and oxygen atoms in total. The number of pyridine rings is 1. The van der Waals surface area contributed by atoms with E-state index in [2.05, 4.69) is 10.3 Å². The Morgan fingerprint density at radius 2 is 1.69 bits per heavy atom. The van der Waals surface area contributed by atoms with E-state index in [1.807, 2.05) is 18.2 Å². The zero-order valence-corrected chi connectivity index (χ0v) is 17.5. The van der Waals surface area contributed by atoms with E-state index in [1.165, 1.54) is 19.2 Å². The van der Waals surface area contributed by atoms with Crippen molar-refractivity contribution in [3.8, 4) is 22.8 Å². The Hall–Kier alpha value is -3.62. The number of aromatic nitrogens is 1. The predicted molar refractivity (Wildman–Crippen MR) is 116 cm³/mol. The zero-order chi connectivity index (χ0) is 22.9. The summed E-state index contributed by atoms with van der Waals surface area (Å²) in [6.45, 7) is -0.706. The number of amides is 1. The number of hydrogen-bond donors (Lipinski definition) is 2. The molecule has 0 spiro atoms. The van der Waals surface area contributed by atoms with Crippen LogP contribution >= 0.6 is 0 Å². The third-order valence-electron chi connectivity index (χ3n) is 4.54. The first kappa shape index (κ1) is 23.1. The molecule has 0 aliphatic rings. The summed E-state index contributed by atoms with van der Waals surface area (Å²) in [6.07, 6.45) is -0.0436. The highest BCUT2D eigenvalue weighted by Crippen LogP contribution is 2.25. The number of carbonyl (C=O) groups excluding carboxylic acids is 2. The van der Waals surface area contributed by atoms with E-state index in [1.54, 1.807) is 36.4 Å². The van der Waals surface area contributed by atoms with Crippen LogP contribution in [0.1, 0.15) is 5.69 Å². The second-order valence-electron chi connectivity index (χ2n) is 6.97. The van der Waals surface area contributed by atoms with Gasteiger partial charge in [-0.25, -0.2) is 4.39 Å². The highest BCUT2D eigenvalue weighted by atomic mass is 19.1. The molecule has 3 rings (SSSR count). The summed E-state index contributed by atoms with van der Waals surface area (Å²) < 4.78 is 23.4. The molecule has 0 fully saturated rings. The van der Waals surface area contributed by atoms with E-state index in [-0.39, 0.29) is 24.6 Å². The number of Topliss-reactive ketones (excluding diaryl/α,β-unsaturated/α-hetero) is 1. The lowest BCUT2D eigenvalue weighted by atomic mass is 10.1.